The third-order valence-corrected chi connectivity index (χ3v) is 4.48. The fourth-order valence-corrected chi connectivity index (χ4v) is 3.23. The zero-order valence-corrected chi connectivity index (χ0v) is 12.3. The molecule has 2 nitrogen and oxygen atoms in total. The smallest absolute Gasteiger partial charge is 0.0975 e. The molecule has 1 heterocycles. The third kappa shape index (κ3) is 2.98. The Morgan fingerprint density at radius 1 is 1.33 bits per heavy atom. The van der Waals surface area contributed by atoms with Gasteiger partial charge in [0.2, 0.25) is 0 Å². The summed E-state index contributed by atoms with van der Waals surface area (Å²) in [4.78, 5) is 6.03. The predicted molar refractivity (Wildman–Crippen MR) is 78.3 cm³/mol. The molecule has 0 aliphatic rings. The molecule has 0 saturated carbocycles. The van der Waals surface area contributed by atoms with Gasteiger partial charge >= 0.3 is 0 Å². The van der Waals surface area contributed by atoms with Crippen LogP contribution in [0.5, 0.6) is 0 Å². The second kappa shape index (κ2) is 5.63. The predicted octanol–water partition coefficient (Wildman–Crippen LogP) is 3.63. The average molecular weight is 260 g/mol. The first-order valence-corrected chi connectivity index (χ1v) is 7.11. The lowest BCUT2D eigenvalue weighted by Gasteiger charge is -2.07. The first kappa shape index (κ1) is 13.2. The molecule has 0 saturated heterocycles. The molecule has 0 bridgehead atoms. The highest BCUT2D eigenvalue weighted by atomic mass is 32.1. The molecular weight excluding hydrogens is 240 g/mol. The van der Waals surface area contributed by atoms with Crippen molar-refractivity contribution in [1.29, 1.82) is 0 Å². The molecule has 0 aliphatic heterocycles. The van der Waals surface area contributed by atoms with Crippen LogP contribution in [0.25, 0.3) is 0 Å². The average Bonchev–Trinajstić information content (AvgIpc) is 2.69. The lowest BCUT2D eigenvalue weighted by molar-refractivity contribution is 0.658. The van der Waals surface area contributed by atoms with Gasteiger partial charge in [0.25, 0.3) is 0 Å². The molecular formula is C15H20N2S. The van der Waals surface area contributed by atoms with Crippen molar-refractivity contribution in [3.8, 4) is 0 Å². The number of hydrogen-bond donors (Lipinski definition) is 1. The van der Waals surface area contributed by atoms with Gasteiger partial charge < -0.3 is 5.32 Å². The van der Waals surface area contributed by atoms with E-state index >= 15 is 0 Å². The number of thiazole rings is 1. The second-order valence-electron chi connectivity index (χ2n) is 4.73. The molecule has 0 radical (unpaired) electrons. The molecule has 1 aromatic carbocycles. The molecule has 1 N–H and O–H groups in total. The summed E-state index contributed by atoms with van der Waals surface area (Å²) in [5, 5.41) is 4.48. The normalized spacial score (nSPS) is 12.7. The summed E-state index contributed by atoms with van der Waals surface area (Å²) in [6.45, 7) is 6.40. The second-order valence-corrected chi connectivity index (χ2v) is 5.85. The van der Waals surface area contributed by atoms with Gasteiger partial charge in [-0.1, -0.05) is 29.8 Å². The summed E-state index contributed by atoms with van der Waals surface area (Å²) >= 11 is 1.82. The number of nitrogens with one attached hydrogen (secondary N) is 1. The Morgan fingerprint density at radius 2 is 2.11 bits per heavy atom. The van der Waals surface area contributed by atoms with Crippen molar-refractivity contribution in [1.82, 2.24) is 10.3 Å². The standard InChI is InChI=1S/C15H20N2S/c1-10-6-5-7-13(8-10)9-14-17-12(3)15(18-14)11(2)16-4/h5-8,11,16H,9H2,1-4H3. The number of benzene rings is 1. The van der Waals surface area contributed by atoms with Gasteiger partial charge in [-0.05, 0) is 33.4 Å². The van der Waals surface area contributed by atoms with E-state index in [4.69, 9.17) is 0 Å². The monoisotopic (exact) mass is 260 g/mol. The van der Waals surface area contributed by atoms with E-state index in [0.29, 0.717) is 6.04 Å². The molecule has 0 aliphatic carbocycles. The van der Waals surface area contributed by atoms with Crippen molar-refractivity contribution in [2.75, 3.05) is 7.05 Å². The van der Waals surface area contributed by atoms with E-state index in [1.54, 1.807) is 0 Å². The minimum absolute atomic E-state index is 0.383. The molecule has 0 fully saturated rings. The van der Waals surface area contributed by atoms with Crippen molar-refractivity contribution in [3.05, 3.63) is 51.0 Å². The van der Waals surface area contributed by atoms with Crippen molar-refractivity contribution in [3.63, 3.8) is 0 Å². The summed E-state index contributed by atoms with van der Waals surface area (Å²) in [6, 6.07) is 9.03. The highest BCUT2D eigenvalue weighted by molar-refractivity contribution is 7.11. The molecule has 0 amide bonds. The van der Waals surface area contributed by atoms with Gasteiger partial charge in [0.05, 0.1) is 10.7 Å². The van der Waals surface area contributed by atoms with Gasteiger partial charge in [-0.25, -0.2) is 4.98 Å². The Morgan fingerprint density at radius 3 is 2.78 bits per heavy atom. The first-order chi connectivity index (χ1) is 8.60. The fourth-order valence-electron chi connectivity index (χ4n) is 2.07. The van der Waals surface area contributed by atoms with Crippen molar-refractivity contribution < 1.29 is 0 Å². The van der Waals surface area contributed by atoms with Crippen LogP contribution in [-0.4, -0.2) is 12.0 Å². The van der Waals surface area contributed by atoms with Crippen LogP contribution >= 0.6 is 11.3 Å². The van der Waals surface area contributed by atoms with Crippen molar-refractivity contribution in [2.45, 2.75) is 33.2 Å². The molecule has 1 aromatic heterocycles. The summed E-state index contributed by atoms with van der Waals surface area (Å²) in [6.07, 6.45) is 0.934. The molecule has 0 spiro atoms. The van der Waals surface area contributed by atoms with E-state index in [-0.39, 0.29) is 0 Å². The highest BCUT2D eigenvalue weighted by Gasteiger charge is 2.12. The van der Waals surface area contributed by atoms with E-state index < -0.39 is 0 Å². The van der Waals surface area contributed by atoms with Crippen LogP contribution < -0.4 is 5.32 Å². The van der Waals surface area contributed by atoms with E-state index in [1.807, 2.05) is 18.4 Å². The van der Waals surface area contributed by atoms with E-state index in [9.17, 15) is 0 Å². The van der Waals surface area contributed by atoms with Gasteiger partial charge in [-0.3, -0.25) is 0 Å². The number of rotatable bonds is 4. The minimum Gasteiger partial charge on any atom is -0.312 e. The lowest BCUT2D eigenvalue weighted by Crippen LogP contribution is -2.11. The Hall–Kier alpha value is -1.19. The van der Waals surface area contributed by atoms with Crippen LogP contribution in [0.15, 0.2) is 24.3 Å². The topological polar surface area (TPSA) is 24.9 Å². The zero-order valence-electron chi connectivity index (χ0n) is 11.4. The Balaban J connectivity index is 2.20. The van der Waals surface area contributed by atoms with E-state index in [0.717, 1.165) is 12.1 Å². The maximum absolute atomic E-state index is 4.68. The molecule has 2 rings (SSSR count). The maximum atomic E-state index is 4.68. The number of nitrogens with zero attached hydrogens (tertiary/aromatic N) is 1. The number of hydrogen-bond acceptors (Lipinski definition) is 3. The van der Waals surface area contributed by atoms with Gasteiger partial charge in [0.15, 0.2) is 0 Å². The molecule has 1 atom stereocenters. The minimum atomic E-state index is 0.383. The van der Waals surface area contributed by atoms with Gasteiger partial charge in [0, 0.05) is 17.3 Å². The van der Waals surface area contributed by atoms with Gasteiger partial charge in [-0.2, -0.15) is 0 Å². The number of aromatic nitrogens is 1. The molecule has 96 valence electrons. The molecule has 3 heteroatoms. The zero-order chi connectivity index (χ0) is 13.1. The summed E-state index contributed by atoms with van der Waals surface area (Å²) < 4.78 is 0. The van der Waals surface area contributed by atoms with Crippen LogP contribution in [0.2, 0.25) is 0 Å². The Kier molecular flexibility index (Phi) is 4.15. The van der Waals surface area contributed by atoms with E-state index in [1.165, 1.54) is 21.0 Å². The molecule has 2 aromatic rings. The van der Waals surface area contributed by atoms with Crippen LogP contribution in [-0.2, 0) is 6.42 Å². The Bertz CT molecular complexity index is 531. The number of aryl methyl sites for hydroxylation is 2. The fraction of sp³-hybridized carbons (Fsp3) is 0.400. The third-order valence-electron chi connectivity index (χ3n) is 3.14. The first-order valence-electron chi connectivity index (χ1n) is 6.29. The van der Waals surface area contributed by atoms with Crippen molar-refractivity contribution in [2.24, 2.45) is 0 Å². The SMILES string of the molecule is CNC(C)c1sc(Cc2cccc(C)c2)nc1C. The summed E-state index contributed by atoms with van der Waals surface area (Å²) in [5.74, 6) is 0. The largest absolute Gasteiger partial charge is 0.312 e. The maximum Gasteiger partial charge on any atom is 0.0975 e. The van der Waals surface area contributed by atoms with Crippen LogP contribution in [0, 0.1) is 13.8 Å². The van der Waals surface area contributed by atoms with Crippen molar-refractivity contribution >= 4 is 11.3 Å². The molecule has 1 unspecified atom stereocenters. The quantitative estimate of drug-likeness (QED) is 0.908. The highest BCUT2D eigenvalue weighted by Crippen LogP contribution is 2.26. The Labute approximate surface area is 113 Å². The lowest BCUT2D eigenvalue weighted by atomic mass is 10.1. The van der Waals surface area contributed by atoms with Gasteiger partial charge in [-0.15, -0.1) is 11.3 Å². The summed E-state index contributed by atoms with van der Waals surface area (Å²) in [5.41, 5.74) is 3.81. The van der Waals surface area contributed by atoms with Crippen LogP contribution in [0.4, 0.5) is 0 Å². The van der Waals surface area contributed by atoms with Crippen LogP contribution in [0.1, 0.15) is 39.7 Å². The summed E-state index contributed by atoms with van der Waals surface area (Å²) in [7, 11) is 1.99. The van der Waals surface area contributed by atoms with Crippen LogP contribution in [0.3, 0.4) is 0 Å². The van der Waals surface area contributed by atoms with E-state index in [2.05, 4.69) is 55.3 Å². The van der Waals surface area contributed by atoms with Gasteiger partial charge in [0.1, 0.15) is 0 Å². The molecule has 18 heavy (non-hydrogen) atoms.